The zero-order valence-electron chi connectivity index (χ0n) is 11.4. The van der Waals surface area contributed by atoms with Crippen LogP contribution in [0.2, 0.25) is 0 Å². The highest BCUT2D eigenvalue weighted by atomic mass is 35.5. The summed E-state index contributed by atoms with van der Waals surface area (Å²) in [6.45, 7) is 3.80. The Morgan fingerprint density at radius 2 is 2.10 bits per heavy atom. The third-order valence-electron chi connectivity index (χ3n) is 3.22. The predicted octanol–water partition coefficient (Wildman–Crippen LogP) is 2.84. The quantitative estimate of drug-likeness (QED) is 0.864. The third kappa shape index (κ3) is 2.95. The van der Waals surface area contributed by atoms with Crippen LogP contribution >= 0.6 is 11.6 Å². The molecule has 1 atom stereocenters. The predicted molar refractivity (Wildman–Crippen MR) is 81.6 cm³/mol. The maximum atomic E-state index is 12.5. The van der Waals surface area contributed by atoms with E-state index in [1.807, 2.05) is 13.8 Å². The number of rotatable bonds is 5. The number of alkyl halides is 1. The molecule has 0 amide bonds. The van der Waals surface area contributed by atoms with E-state index in [9.17, 15) is 8.42 Å². The Morgan fingerprint density at radius 1 is 1.35 bits per heavy atom. The lowest BCUT2D eigenvalue weighted by atomic mass is 10.1. The van der Waals surface area contributed by atoms with E-state index in [-0.39, 0.29) is 16.8 Å². The van der Waals surface area contributed by atoms with Crippen molar-refractivity contribution in [2.75, 3.05) is 5.88 Å². The number of hydrogen-bond donors (Lipinski definition) is 1. The number of aryl methyl sites for hydroxylation is 1. The van der Waals surface area contributed by atoms with Gasteiger partial charge in [0.1, 0.15) is 0 Å². The maximum Gasteiger partial charge on any atom is 0.241 e. The van der Waals surface area contributed by atoms with Gasteiger partial charge in [0.25, 0.3) is 0 Å². The highest BCUT2D eigenvalue weighted by molar-refractivity contribution is 7.89. The van der Waals surface area contributed by atoms with Crippen LogP contribution < -0.4 is 4.72 Å². The molecular formula is C14H17ClN2O2S. The van der Waals surface area contributed by atoms with E-state index in [0.29, 0.717) is 17.3 Å². The highest BCUT2D eigenvalue weighted by Gasteiger charge is 2.21. The standard InChI is InChI=1S/C14H17ClN2O2S/c1-3-11(9-15)17-20(18,19)13-7-6-10(2)14-12(13)5-4-8-16-14/h4-8,11,17H,3,9H2,1-2H3. The minimum Gasteiger partial charge on any atom is -0.256 e. The zero-order chi connectivity index (χ0) is 14.8. The summed E-state index contributed by atoms with van der Waals surface area (Å²) in [5.74, 6) is 0.248. The molecule has 0 aliphatic rings. The number of fused-ring (bicyclic) bond motifs is 1. The van der Waals surface area contributed by atoms with Crippen molar-refractivity contribution in [1.29, 1.82) is 0 Å². The SMILES string of the molecule is CCC(CCl)NS(=O)(=O)c1ccc(C)c2ncccc12. The Balaban J connectivity index is 2.55. The van der Waals surface area contributed by atoms with Crippen LogP contribution in [0.5, 0.6) is 0 Å². The van der Waals surface area contributed by atoms with Gasteiger partial charge in [0, 0.05) is 23.5 Å². The third-order valence-corrected chi connectivity index (χ3v) is 5.17. The van der Waals surface area contributed by atoms with Gasteiger partial charge in [0.05, 0.1) is 10.4 Å². The fraction of sp³-hybridized carbons (Fsp3) is 0.357. The molecule has 0 aliphatic heterocycles. The van der Waals surface area contributed by atoms with Gasteiger partial charge in [-0.1, -0.05) is 13.0 Å². The molecule has 0 fully saturated rings. The Labute approximate surface area is 124 Å². The Morgan fingerprint density at radius 3 is 2.75 bits per heavy atom. The van der Waals surface area contributed by atoms with Crippen LogP contribution in [0.1, 0.15) is 18.9 Å². The molecule has 0 saturated carbocycles. The summed E-state index contributed by atoms with van der Waals surface area (Å²) >= 11 is 5.77. The van der Waals surface area contributed by atoms with E-state index in [1.165, 1.54) is 0 Å². The van der Waals surface area contributed by atoms with Crippen molar-refractivity contribution in [3.05, 3.63) is 36.0 Å². The second kappa shape index (κ2) is 6.08. The number of nitrogens with zero attached hydrogens (tertiary/aromatic N) is 1. The molecule has 1 aromatic heterocycles. The molecule has 0 radical (unpaired) electrons. The minimum absolute atomic E-state index is 0.245. The zero-order valence-corrected chi connectivity index (χ0v) is 13.0. The van der Waals surface area contributed by atoms with Gasteiger partial charge in [-0.15, -0.1) is 11.6 Å². The molecule has 0 bridgehead atoms. The van der Waals surface area contributed by atoms with Gasteiger partial charge < -0.3 is 0 Å². The van der Waals surface area contributed by atoms with Gasteiger partial charge in [-0.3, -0.25) is 4.98 Å². The van der Waals surface area contributed by atoms with Crippen molar-refractivity contribution in [3.8, 4) is 0 Å². The lowest BCUT2D eigenvalue weighted by Gasteiger charge is -2.15. The van der Waals surface area contributed by atoms with E-state index < -0.39 is 10.0 Å². The first-order valence-corrected chi connectivity index (χ1v) is 8.44. The number of aromatic nitrogens is 1. The van der Waals surface area contributed by atoms with Crippen molar-refractivity contribution in [2.24, 2.45) is 0 Å². The van der Waals surface area contributed by atoms with Gasteiger partial charge in [-0.25, -0.2) is 13.1 Å². The molecule has 4 nitrogen and oxygen atoms in total. The topological polar surface area (TPSA) is 59.1 Å². The summed E-state index contributed by atoms with van der Waals surface area (Å²) in [4.78, 5) is 4.50. The average Bonchev–Trinajstić information content (AvgIpc) is 2.45. The lowest BCUT2D eigenvalue weighted by molar-refractivity contribution is 0.558. The number of pyridine rings is 1. The van der Waals surface area contributed by atoms with Gasteiger partial charge >= 0.3 is 0 Å². The summed E-state index contributed by atoms with van der Waals surface area (Å²) < 4.78 is 27.6. The van der Waals surface area contributed by atoms with Crippen LogP contribution in [-0.4, -0.2) is 25.3 Å². The molecule has 6 heteroatoms. The van der Waals surface area contributed by atoms with Crippen molar-refractivity contribution >= 4 is 32.5 Å². The average molecular weight is 313 g/mol. The number of sulfonamides is 1. The first-order chi connectivity index (χ1) is 9.49. The van der Waals surface area contributed by atoms with Crippen LogP contribution in [0.3, 0.4) is 0 Å². The Kier molecular flexibility index (Phi) is 4.62. The molecule has 1 unspecified atom stereocenters. The molecule has 20 heavy (non-hydrogen) atoms. The Hall–Kier alpha value is -1.17. The van der Waals surface area contributed by atoms with Crippen molar-refractivity contribution in [1.82, 2.24) is 9.71 Å². The van der Waals surface area contributed by atoms with Crippen LogP contribution in [-0.2, 0) is 10.0 Å². The smallest absolute Gasteiger partial charge is 0.241 e. The molecular weight excluding hydrogens is 296 g/mol. The number of nitrogens with one attached hydrogen (secondary N) is 1. The van der Waals surface area contributed by atoms with Gasteiger partial charge in [0.15, 0.2) is 0 Å². The normalized spacial score (nSPS) is 13.6. The summed E-state index contributed by atoms with van der Waals surface area (Å²) in [6.07, 6.45) is 2.30. The molecule has 1 heterocycles. The first-order valence-electron chi connectivity index (χ1n) is 6.42. The van der Waals surface area contributed by atoms with Crippen molar-refractivity contribution in [3.63, 3.8) is 0 Å². The second-order valence-electron chi connectivity index (χ2n) is 4.66. The number of halogens is 1. The fourth-order valence-corrected chi connectivity index (χ4v) is 3.93. The number of benzene rings is 1. The molecule has 0 aliphatic carbocycles. The van der Waals surface area contributed by atoms with Gasteiger partial charge in [-0.2, -0.15) is 0 Å². The van der Waals surface area contributed by atoms with Crippen molar-refractivity contribution < 1.29 is 8.42 Å². The lowest BCUT2D eigenvalue weighted by Crippen LogP contribution is -2.35. The summed E-state index contributed by atoms with van der Waals surface area (Å²) in [5, 5.41) is 0.629. The van der Waals surface area contributed by atoms with E-state index >= 15 is 0 Å². The molecule has 2 aromatic rings. The summed E-state index contributed by atoms with van der Waals surface area (Å²) in [7, 11) is -3.60. The number of hydrogen-bond acceptors (Lipinski definition) is 3. The van der Waals surface area contributed by atoms with Crippen LogP contribution in [0.4, 0.5) is 0 Å². The van der Waals surface area contributed by atoms with Crippen molar-refractivity contribution in [2.45, 2.75) is 31.2 Å². The molecule has 1 N–H and O–H groups in total. The van der Waals surface area contributed by atoms with Gasteiger partial charge in [0.2, 0.25) is 10.0 Å². The maximum absolute atomic E-state index is 12.5. The largest absolute Gasteiger partial charge is 0.256 e. The molecule has 2 rings (SSSR count). The van der Waals surface area contributed by atoms with Crippen LogP contribution in [0.25, 0.3) is 10.9 Å². The second-order valence-corrected chi connectivity index (χ2v) is 6.65. The van der Waals surface area contributed by atoms with Crippen LogP contribution in [0, 0.1) is 6.92 Å². The monoisotopic (exact) mass is 312 g/mol. The van der Waals surface area contributed by atoms with Gasteiger partial charge in [-0.05, 0) is 37.1 Å². The summed E-state index contributed by atoms with van der Waals surface area (Å²) in [6, 6.07) is 6.62. The molecule has 0 saturated heterocycles. The van der Waals surface area contributed by atoms with Crippen LogP contribution in [0.15, 0.2) is 35.4 Å². The first kappa shape index (κ1) is 15.2. The molecule has 0 spiro atoms. The van der Waals surface area contributed by atoms with E-state index in [0.717, 1.165) is 5.56 Å². The fourth-order valence-electron chi connectivity index (χ4n) is 2.03. The highest BCUT2D eigenvalue weighted by Crippen LogP contribution is 2.24. The Bertz CT molecular complexity index is 712. The minimum atomic E-state index is -3.60. The van der Waals surface area contributed by atoms with E-state index in [2.05, 4.69) is 9.71 Å². The van der Waals surface area contributed by atoms with E-state index in [4.69, 9.17) is 11.6 Å². The molecule has 108 valence electrons. The summed E-state index contributed by atoms with van der Waals surface area (Å²) in [5.41, 5.74) is 1.65. The van der Waals surface area contributed by atoms with E-state index in [1.54, 1.807) is 30.5 Å². The molecule has 1 aromatic carbocycles.